The van der Waals surface area contributed by atoms with Gasteiger partial charge >= 0.3 is 0 Å². The number of pyridine rings is 1. The van der Waals surface area contributed by atoms with Gasteiger partial charge in [-0.2, -0.15) is 0 Å². The molecule has 5 heteroatoms. The molecule has 1 atom stereocenters. The number of hydrogen-bond acceptors (Lipinski definition) is 3. The highest BCUT2D eigenvalue weighted by molar-refractivity contribution is 9.09. The fourth-order valence-corrected chi connectivity index (χ4v) is 1.63. The lowest BCUT2D eigenvalue weighted by Crippen LogP contribution is -2.39. The molecule has 1 N–H and O–H groups in total. The minimum Gasteiger partial charge on any atom is -0.383 e. The number of halogens is 1. The van der Waals surface area contributed by atoms with Crippen LogP contribution in [0.1, 0.15) is 16.1 Å². The van der Waals surface area contributed by atoms with Crippen LogP contribution < -0.4 is 5.32 Å². The van der Waals surface area contributed by atoms with Crippen LogP contribution in [0.5, 0.6) is 0 Å². The van der Waals surface area contributed by atoms with E-state index in [9.17, 15) is 4.79 Å². The fraction of sp³-hybridized carbons (Fsp3) is 0.455. The lowest BCUT2D eigenvalue weighted by atomic mass is 10.2. The highest BCUT2D eigenvalue weighted by Gasteiger charge is 2.12. The monoisotopic (exact) mass is 286 g/mol. The molecule has 1 rings (SSSR count). The molecule has 0 radical (unpaired) electrons. The smallest absolute Gasteiger partial charge is 0.251 e. The van der Waals surface area contributed by atoms with Gasteiger partial charge in [-0.15, -0.1) is 0 Å². The topological polar surface area (TPSA) is 51.2 Å². The van der Waals surface area contributed by atoms with Crippen molar-refractivity contribution in [1.29, 1.82) is 0 Å². The zero-order valence-corrected chi connectivity index (χ0v) is 11.0. The molecule has 0 spiro atoms. The molecule has 1 aromatic rings. The van der Waals surface area contributed by atoms with Crippen LogP contribution in [0.15, 0.2) is 18.3 Å². The molecule has 0 saturated heterocycles. The second kappa shape index (κ2) is 6.60. The standard InChI is InChI=1S/C11H15BrN2O2/c1-8-5-9(3-4-13-8)11(15)14-10(6-12)7-16-2/h3-5,10H,6-7H2,1-2H3,(H,14,15). The lowest BCUT2D eigenvalue weighted by molar-refractivity contribution is 0.0907. The maximum absolute atomic E-state index is 11.8. The van der Waals surface area contributed by atoms with Gasteiger partial charge in [-0.1, -0.05) is 15.9 Å². The number of aryl methyl sites for hydroxylation is 1. The zero-order chi connectivity index (χ0) is 12.0. The van der Waals surface area contributed by atoms with E-state index in [4.69, 9.17) is 4.74 Å². The summed E-state index contributed by atoms with van der Waals surface area (Å²) in [4.78, 5) is 15.9. The van der Waals surface area contributed by atoms with Gasteiger partial charge in [0, 0.05) is 29.9 Å². The Morgan fingerprint density at radius 1 is 1.69 bits per heavy atom. The summed E-state index contributed by atoms with van der Waals surface area (Å²) in [5.74, 6) is -0.105. The predicted octanol–water partition coefficient (Wildman–Crippen LogP) is 1.53. The molecule has 0 aliphatic rings. The molecule has 88 valence electrons. The van der Waals surface area contributed by atoms with Crippen molar-refractivity contribution in [2.45, 2.75) is 13.0 Å². The number of rotatable bonds is 5. The van der Waals surface area contributed by atoms with Crippen LogP contribution in [0.4, 0.5) is 0 Å². The van der Waals surface area contributed by atoms with E-state index < -0.39 is 0 Å². The third kappa shape index (κ3) is 3.90. The van der Waals surface area contributed by atoms with Gasteiger partial charge in [0.15, 0.2) is 0 Å². The van der Waals surface area contributed by atoms with E-state index in [1.54, 1.807) is 25.4 Å². The summed E-state index contributed by atoms with van der Waals surface area (Å²) in [7, 11) is 1.61. The first-order valence-corrected chi connectivity index (χ1v) is 6.08. The Hall–Kier alpha value is -0.940. The highest BCUT2D eigenvalue weighted by atomic mass is 79.9. The molecule has 4 nitrogen and oxygen atoms in total. The van der Waals surface area contributed by atoms with Crippen LogP contribution in [0.3, 0.4) is 0 Å². The molecule has 0 aliphatic carbocycles. The van der Waals surface area contributed by atoms with Gasteiger partial charge < -0.3 is 10.1 Å². The van der Waals surface area contributed by atoms with E-state index in [0.717, 1.165) is 5.69 Å². The molecule has 16 heavy (non-hydrogen) atoms. The van der Waals surface area contributed by atoms with Crippen molar-refractivity contribution in [3.05, 3.63) is 29.6 Å². The molecule has 1 amide bonds. The number of hydrogen-bond donors (Lipinski definition) is 1. The Bertz CT molecular complexity index is 358. The Kier molecular flexibility index (Phi) is 5.42. The number of aromatic nitrogens is 1. The van der Waals surface area contributed by atoms with Gasteiger partial charge in [-0.05, 0) is 19.1 Å². The molecular formula is C11H15BrN2O2. The van der Waals surface area contributed by atoms with Gasteiger partial charge in [-0.25, -0.2) is 0 Å². The lowest BCUT2D eigenvalue weighted by Gasteiger charge is -2.15. The van der Waals surface area contributed by atoms with E-state index in [1.165, 1.54) is 0 Å². The summed E-state index contributed by atoms with van der Waals surface area (Å²) >= 11 is 3.33. The normalized spacial score (nSPS) is 12.2. The average molecular weight is 287 g/mol. The first-order chi connectivity index (χ1) is 7.67. The maximum Gasteiger partial charge on any atom is 0.251 e. The summed E-state index contributed by atoms with van der Waals surface area (Å²) < 4.78 is 5.00. The Morgan fingerprint density at radius 2 is 2.44 bits per heavy atom. The van der Waals surface area contributed by atoms with Crippen LogP contribution in [-0.2, 0) is 4.74 Å². The van der Waals surface area contributed by atoms with Crippen molar-refractivity contribution < 1.29 is 9.53 Å². The SMILES string of the molecule is COCC(CBr)NC(=O)c1ccnc(C)c1. The summed E-state index contributed by atoms with van der Waals surface area (Å²) in [5.41, 5.74) is 1.45. The second-order valence-electron chi connectivity index (χ2n) is 3.47. The molecule has 0 saturated carbocycles. The summed E-state index contributed by atoms with van der Waals surface area (Å²) in [6.07, 6.45) is 1.63. The Balaban J connectivity index is 2.64. The van der Waals surface area contributed by atoms with Gasteiger partial charge in [0.1, 0.15) is 0 Å². The number of amides is 1. The van der Waals surface area contributed by atoms with Gasteiger partial charge in [-0.3, -0.25) is 9.78 Å². The number of nitrogens with zero attached hydrogens (tertiary/aromatic N) is 1. The largest absolute Gasteiger partial charge is 0.383 e. The van der Waals surface area contributed by atoms with Crippen molar-refractivity contribution >= 4 is 21.8 Å². The second-order valence-corrected chi connectivity index (χ2v) is 4.11. The highest BCUT2D eigenvalue weighted by Crippen LogP contribution is 2.02. The van der Waals surface area contributed by atoms with E-state index in [1.807, 2.05) is 6.92 Å². The number of nitrogens with one attached hydrogen (secondary N) is 1. The summed E-state index contributed by atoms with van der Waals surface area (Å²) in [6.45, 7) is 2.34. The van der Waals surface area contributed by atoms with Crippen LogP contribution in [0, 0.1) is 6.92 Å². The number of methoxy groups -OCH3 is 1. The van der Waals surface area contributed by atoms with E-state index in [2.05, 4.69) is 26.2 Å². The molecular weight excluding hydrogens is 272 g/mol. The van der Waals surface area contributed by atoms with E-state index in [-0.39, 0.29) is 11.9 Å². The van der Waals surface area contributed by atoms with Crippen molar-refractivity contribution in [2.75, 3.05) is 19.0 Å². The van der Waals surface area contributed by atoms with Gasteiger partial charge in [0.05, 0.1) is 12.6 Å². The van der Waals surface area contributed by atoms with Gasteiger partial charge in [0.2, 0.25) is 0 Å². The van der Waals surface area contributed by atoms with Crippen molar-refractivity contribution in [3.8, 4) is 0 Å². The summed E-state index contributed by atoms with van der Waals surface area (Å²) in [5, 5.41) is 3.54. The Morgan fingerprint density at radius 3 is 3.00 bits per heavy atom. The van der Waals surface area contributed by atoms with Crippen molar-refractivity contribution in [1.82, 2.24) is 10.3 Å². The van der Waals surface area contributed by atoms with Gasteiger partial charge in [0.25, 0.3) is 5.91 Å². The average Bonchev–Trinajstić information content (AvgIpc) is 2.28. The molecule has 0 aliphatic heterocycles. The quantitative estimate of drug-likeness (QED) is 0.836. The molecule has 0 fully saturated rings. The summed E-state index contributed by atoms with van der Waals surface area (Å²) in [6, 6.07) is 3.43. The van der Waals surface area contributed by atoms with Crippen molar-refractivity contribution in [2.24, 2.45) is 0 Å². The zero-order valence-electron chi connectivity index (χ0n) is 9.37. The maximum atomic E-state index is 11.8. The van der Waals surface area contributed by atoms with Crippen LogP contribution >= 0.6 is 15.9 Å². The number of ether oxygens (including phenoxy) is 1. The van der Waals surface area contributed by atoms with Crippen LogP contribution in [0.2, 0.25) is 0 Å². The number of carbonyl (C=O) groups is 1. The molecule has 1 unspecified atom stereocenters. The minimum absolute atomic E-state index is 0.0222. The first-order valence-electron chi connectivity index (χ1n) is 4.95. The fourth-order valence-electron chi connectivity index (χ4n) is 1.28. The molecule has 0 bridgehead atoms. The first kappa shape index (κ1) is 13.1. The molecule has 1 aromatic heterocycles. The molecule has 1 heterocycles. The third-order valence-electron chi connectivity index (χ3n) is 2.05. The Labute approximate surface area is 104 Å². The molecule has 0 aromatic carbocycles. The third-order valence-corrected chi connectivity index (χ3v) is 2.83. The van der Waals surface area contributed by atoms with E-state index in [0.29, 0.717) is 17.5 Å². The number of alkyl halides is 1. The van der Waals surface area contributed by atoms with Crippen molar-refractivity contribution in [3.63, 3.8) is 0 Å². The van der Waals surface area contributed by atoms with Crippen LogP contribution in [-0.4, -0.2) is 36.0 Å². The predicted molar refractivity (Wildman–Crippen MR) is 65.9 cm³/mol. The van der Waals surface area contributed by atoms with Crippen LogP contribution in [0.25, 0.3) is 0 Å². The minimum atomic E-state index is -0.105. The van der Waals surface area contributed by atoms with E-state index >= 15 is 0 Å². The number of carbonyl (C=O) groups excluding carboxylic acids is 1.